The molecule has 0 aromatic carbocycles. The van der Waals surface area contributed by atoms with Gasteiger partial charge in [0.15, 0.2) is 6.29 Å². The monoisotopic (exact) mass is 486 g/mol. The third-order valence-corrected chi connectivity index (χ3v) is 6.94. The lowest BCUT2D eigenvalue weighted by atomic mass is 10.0. The Morgan fingerprint density at radius 3 is 1.79 bits per heavy atom. The first kappa shape index (κ1) is 31.8. The van der Waals surface area contributed by atoms with Crippen molar-refractivity contribution in [3.05, 3.63) is 0 Å². The Bertz CT molecular complexity index is 400. The van der Waals surface area contributed by atoms with Crippen molar-refractivity contribution in [2.75, 3.05) is 33.5 Å². The molecule has 1 aliphatic heterocycles. The highest BCUT2D eigenvalue weighted by atomic mass is 16.7. The lowest BCUT2D eigenvalue weighted by molar-refractivity contribution is -0.182. The summed E-state index contributed by atoms with van der Waals surface area (Å²) in [7, 11) is 1.67. The van der Waals surface area contributed by atoms with Gasteiger partial charge in [-0.25, -0.2) is 0 Å². The number of hydrogen-bond acceptors (Lipinski definition) is 5. The molecule has 204 valence electrons. The number of methoxy groups -OCH3 is 1. The predicted octanol–water partition coefficient (Wildman–Crippen LogP) is 7.57. The molecular formula is C29H58O5. The summed E-state index contributed by atoms with van der Waals surface area (Å²) in [5.41, 5.74) is 0. The Labute approximate surface area is 211 Å². The number of ether oxygens (including phenoxy) is 4. The van der Waals surface area contributed by atoms with Crippen molar-refractivity contribution in [2.24, 2.45) is 0 Å². The number of rotatable bonds is 25. The number of hydrogen-bond donors (Lipinski definition) is 1. The van der Waals surface area contributed by atoms with Crippen molar-refractivity contribution < 1.29 is 24.1 Å². The normalized spacial score (nSPS) is 18.3. The minimum Gasteiger partial charge on any atom is -0.391 e. The van der Waals surface area contributed by atoms with Gasteiger partial charge in [-0.3, -0.25) is 0 Å². The van der Waals surface area contributed by atoms with Gasteiger partial charge in [0.1, 0.15) is 6.10 Å². The molecule has 1 aliphatic rings. The Morgan fingerprint density at radius 2 is 1.29 bits per heavy atom. The summed E-state index contributed by atoms with van der Waals surface area (Å²) in [6.07, 6.45) is 25.4. The van der Waals surface area contributed by atoms with Crippen LogP contribution in [0, 0.1) is 0 Å². The predicted molar refractivity (Wildman–Crippen MR) is 141 cm³/mol. The number of unbranched alkanes of at least 4 members (excludes halogenated alkanes) is 15. The molecular weight excluding hydrogens is 428 g/mol. The second-order valence-electron chi connectivity index (χ2n) is 10.3. The first-order chi connectivity index (χ1) is 16.8. The molecule has 3 atom stereocenters. The first-order valence-corrected chi connectivity index (χ1v) is 14.8. The largest absolute Gasteiger partial charge is 0.391 e. The molecule has 3 unspecified atom stereocenters. The minimum absolute atomic E-state index is 0.105. The molecule has 0 saturated carbocycles. The highest BCUT2D eigenvalue weighted by Gasteiger charge is 2.17. The highest BCUT2D eigenvalue weighted by molar-refractivity contribution is 4.61. The molecule has 1 N–H and O–H groups in total. The van der Waals surface area contributed by atoms with Crippen LogP contribution in [0.15, 0.2) is 0 Å². The molecule has 0 bridgehead atoms. The van der Waals surface area contributed by atoms with E-state index in [4.69, 9.17) is 18.9 Å². The van der Waals surface area contributed by atoms with E-state index in [0.29, 0.717) is 19.8 Å². The fraction of sp³-hybridized carbons (Fsp3) is 1.00. The second-order valence-corrected chi connectivity index (χ2v) is 10.3. The van der Waals surface area contributed by atoms with Crippen molar-refractivity contribution in [3.8, 4) is 0 Å². The lowest BCUT2D eigenvalue weighted by Crippen LogP contribution is -2.31. The van der Waals surface area contributed by atoms with Crippen LogP contribution >= 0.6 is 0 Å². The molecule has 5 nitrogen and oxygen atoms in total. The topological polar surface area (TPSA) is 57.2 Å². The maximum Gasteiger partial charge on any atom is 0.157 e. The molecule has 34 heavy (non-hydrogen) atoms. The molecule has 1 saturated heterocycles. The molecule has 1 rings (SSSR count). The molecule has 0 spiro atoms. The third kappa shape index (κ3) is 20.0. The van der Waals surface area contributed by atoms with Crippen LogP contribution in [-0.2, 0) is 18.9 Å². The fourth-order valence-corrected chi connectivity index (χ4v) is 4.59. The van der Waals surface area contributed by atoms with Gasteiger partial charge in [-0.2, -0.15) is 0 Å². The van der Waals surface area contributed by atoms with Gasteiger partial charge in [-0.15, -0.1) is 0 Å². The molecule has 0 aliphatic carbocycles. The molecule has 0 radical (unpaired) electrons. The van der Waals surface area contributed by atoms with Crippen molar-refractivity contribution >= 4 is 0 Å². The van der Waals surface area contributed by atoms with Gasteiger partial charge in [0.2, 0.25) is 0 Å². The van der Waals surface area contributed by atoms with Gasteiger partial charge >= 0.3 is 0 Å². The summed E-state index contributed by atoms with van der Waals surface area (Å²) in [4.78, 5) is 0. The zero-order valence-corrected chi connectivity index (χ0v) is 22.8. The molecule has 1 heterocycles. The number of aliphatic hydroxyl groups is 1. The Hall–Kier alpha value is -0.200. The average molecular weight is 487 g/mol. The minimum atomic E-state index is -0.383. The van der Waals surface area contributed by atoms with Gasteiger partial charge in [-0.05, 0) is 25.7 Å². The second kappa shape index (κ2) is 24.5. The van der Waals surface area contributed by atoms with Crippen molar-refractivity contribution in [1.29, 1.82) is 0 Å². The third-order valence-electron chi connectivity index (χ3n) is 6.94. The summed E-state index contributed by atoms with van der Waals surface area (Å²) in [5.74, 6) is 0. The van der Waals surface area contributed by atoms with Crippen LogP contribution in [0.5, 0.6) is 0 Å². The molecule has 5 heteroatoms. The van der Waals surface area contributed by atoms with Gasteiger partial charge in [0, 0.05) is 13.7 Å². The van der Waals surface area contributed by atoms with Gasteiger partial charge in [-0.1, -0.05) is 110 Å². The maximum atomic E-state index is 10.2. The quantitative estimate of drug-likeness (QED) is 0.135. The Balaban J connectivity index is 1.80. The van der Waals surface area contributed by atoms with Crippen LogP contribution in [0.2, 0.25) is 0 Å². The van der Waals surface area contributed by atoms with E-state index in [1.165, 1.54) is 96.3 Å². The SMILES string of the molecule is CCCCCCCCCCCCCCCCCCC(O)COCC(COC1CCCCO1)OC. The van der Waals surface area contributed by atoms with E-state index in [9.17, 15) is 5.11 Å². The van der Waals surface area contributed by atoms with Crippen molar-refractivity contribution in [1.82, 2.24) is 0 Å². The highest BCUT2D eigenvalue weighted by Crippen LogP contribution is 2.15. The van der Waals surface area contributed by atoms with E-state index < -0.39 is 0 Å². The smallest absolute Gasteiger partial charge is 0.157 e. The molecule has 0 aromatic heterocycles. The van der Waals surface area contributed by atoms with Crippen LogP contribution in [0.1, 0.15) is 135 Å². The summed E-state index contributed by atoms with van der Waals surface area (Å²) in [6, 6.07) is 0. The molecule has 0 amide bonds. The summed E-state index contributed by atoms with van der Waals surface area (Å²) < 4.78 is 22.4. The maximum absolute atomic E-state index is 10.2. The lowest BCUT2D eigenvalue weighted by Gasteiger charge is -2.25. The van der Waals surface area contributed by atoms with Crippen molar-refractivity contribution in [2.45, 2.75) is 154 Å². The zero-order valence-electron chi connectivity index (χ0n) is 22.8. The summed E-state index contributed by atoms with van der Waals surface area (Å²) in [5, 5.41) is 10.2. The fourth-order valence-electron chi connectivity index (χ4n) is 4.59. The zero-order chi connectivity index (χ0) is 24.5. The average Bonchev–Trinajstić information content (AvgIpc) is 2.86. The van der Waals surface area contributed by atoms with Crippen LogP contribution in [0.3, 0.4) is 0 Å². The van der Waals surface area contributed by atoms with E-state index in [1.807, 2.05) is 0 Å². The Kier molecular flexibility index (Phi) is 22.9. The van der Waals surface area contributed by atoms with Crippen molar-refractivity contribution in [3.63, 3.8) is 0 Å². The summed E-state index contributed by atoms with van der Waals surface area (Å²) >= 11 is 0. The van der Waals surface area contributed by atoms with Crippen LogP contribution in [0.4, 0.5) is 0 Å². The molecule has 0 aromatic rings. The van der Waals surface area contributed by atoms with Crippen LogP contribution < -0.4 is 0 Å². The van der Waals surface area contributed by atoms with Gasteiger partial charge in [0.05, 0.1) is 25.9 Å². The standard InChI is InChI=1S/C29H58O5/c1-3-4-5-6-7-8-9-10-11-12-13-14-15-16-17-18-21-27(30)24-32-25-28(31-2)26-34-29-22-19-20-23-33-29/h27-30H,3-26H2,1-2H3. The van der Waals surface area contributed by atoms with Gasteiger partial charge < -0.3 is 24.1 Å². The number of aliphatic hydroxyl groups excluding tert-OH is 1. The first-order valence-electron chi connectivity index (χ1n) is 14.8. The van der Waals surface area contributed by atoms with Gasteiger partial charge in [0.25, 0.3) is 0 Å². The van der Waals surface area contributed by atoms with E-state index in [-0.39, 0.29) is 18.5 Å². The Morgan fingerprint density at radius 1 is 0.735 bits per heavy atom. The van der Waals surface area contributed by atoms with E-state index >= 15 is 0 Å². The van der Waals surface area contributed by atoms with E-state index in [1.54, 1.807) is 7.11 Å². The summed E-state index contributed by atoms with van der Waals surface area (Å²) in [6.45, 7) is 4.35. The molecule has 1 fully saturated rings. The van der Waals surface area contributed by atoms with E-state index in [0.717, 1.165) is 38.7 Å². The van der Waals surface area contributed by atoms with E-state index in [2.05, 4.69) is 6.92 Å². The van der Waals surface area contributed by atoms with Crippen LogP contribution in [-0.4, -0.2) is 57.1 Å². The van der Waals surface area contributed by atoms with Crippen LogP contribution in [0.25, 0.3) is 0 Å².